The molecule has 0 radical (unpaired) electrons. The zero-order chi connectivity index (χ0) is 19.0. The summed E-state index contributed by atoms with van der Waals surface area (Å²) in [6.45, 7) is 4.19. The zero-order valence-electron chi connectivity index (χ0n) is 15.4. The van der Waals surface area contributed by atoms with Crippen molar-refractivity contribution in [3.05, 3.63) is 70.8 Å². The van der Waals surface area contributed by atoms with Crippen LogP contribution < -0.4 is 5.32 Å². The van der Waals surface area contributed by atoms with E-state index in [0.717, 1.165) is 36.2 Å². The highest BCUT2D eigenvalue weighted by atomic mass is 16.3. The lowest BCUT2D eigenvalue weighted by atomic mass is 9.92. The van der Waals surface area contributed by atoms with E-state index < -0.39 is 0 Å². The van der Waals surface area contributed by atoms with Crippen molar-refractivity contribution in [2.45, 2.75) is 39.2 Å². The Balaban J connectivity index is 1.63. The Bertz CT molecular complexity index is 1010. The second kappa shape index (κ2) is 6.87. The molecule has 4 rings (SSSR count). The van der Waals surface area contributed by atoms with Gasteiger partial charge in [0.25, 0.3) is 5.91 Å². The Labute approximate surface area is 157 Å². The van der Waals surface area contributed by atoms with Gasteiger partial charge in [0, 0.05) is 17.5 Å². The summed E-state index contributed by atoms with van der Waals surface area (Å²) >= 11 is 0. The average molecular weight is 362 g/mol. The smallest absolute Gasteiger partial charge is 0.274 e. The highest BCUT2D eigenvalue weighted by Crippen LogP contribution is 2.32. The topological polar surface area (TPSA) is 80.0 Å². The normalized spacial score (nSPS) is 16.0. The fourth-order valence-corrected chi connectivity index (χ4v) is 3.59. The number of aromatic hydroxyl groups is 1. The van der Waals surface area contributed by atoms with Gasteiger partial charge in [-0.25, -0.2) is 9.67 Å². The molecule has 0 unspecified atom stereocenters. The third kappa shape index (κ3) is 3.18. The van der Waals surface area contributed by atoms with Crippen LogP contribution in [-0.2, 0) is 6.42 Å². The maximum absolute atomic E-state index is 12.5. The molecule has 2 heterocycles. The number of aromatic nitrogens is 3. The van der Waals surface area contributed by atoms with E-state index in [9.17, 15) is 9.90 Å². The number of hydrogen-bond donors (Lipinski definition) is 2. The van der Waals surface area contributed by atoms with E-state index >= 15 is 0 Å². The van der Waals surface area contributed by atoms with E-state index in [1.807, 2.05) is 10.9 Å². The summed E-state index contributed by atoms with van der Waals surface area (Å²) in [5, 5.41) is 17.5. The van der Waals surface area contributed by atoms with Crippen molar-refractivity contribution >= 4 is 5.91 Å². The van der Waals surface area contributed by atoms with Crippen LogP contribution in [0.15, 0.2) is 42.7 Å². The number of fused-ring (bicyclic) bond motifs is 1. The predicted octanol–water partition coefficient (Wildman–Crippen LogP) is 3.40. The van der Waals surface area contributed by atoms with Gasteiger partial charge in [-0.1, -0.05) is 6.07 Å². The molecule has 3 aromatic rings. The van der Waals surface area contributed by atoms with E-state index in [1.165, 1.54) is 23.4 Å². The van der Waals surface area contributed by atoms with Crippen molar-refractivity contribution in [2.75, 3.05) is 0 Å². The lowest BCUT2D eigenvalue weighted by Crippen LogP contribution is -2.31. The number of nitrogens with zero attached hydrogens (tertiary/aromatic N) is 3. The molecule has 2 aromatic heterocycles. The van der Waals surface area contributed by atoms with E-state index in [-0.39, 0.29) is 23.4 Å². The monoisotopic (exact) mass is 362 g/mol. The van der Waals surface area contributed by atoms with Gasteiger partial charge in [-0.05, 0) is 68.5 Å². The summed E-state index contributed by atoms with van der Waals surface area (Å²) in [5.41, 5.74) is 5.71. The molecule has 138 valence electrons. The van der Waals surface area contributed by atoms with Gasteiger partial charge in [0.15, 0.2) is 5.69 Å². The summed E-state index contributed by atoms with van der Waals surface area (Å²) in [7, 11) is 0. The lowest BCUT2D eigenvalue weighted by molar-refractivity contribution is 0.0924. The fourth-order valence-electron chi connectivity index (χ4n) is 3.59. The molecule has 6 heteroatoms. The van der Waals surface area contributed by atoms with E-state index in [0.29, 0.717) is 0 Å². The fraction of sp³-hybridized carbons (Fsp3) is 0.286. The van der Waals surface area contributed by atoms with E-state index in [4.69, 9.17) is 0 Å². The van der Waals surface area contributed by atoms with Crippen LogP contribution in [-0.4, -0.2) is 25.8 Å². The quantitative estimate of drug-likeness (QED) is 0.748. The average Bonchev–Trinajstić information content (AvgIpc) is 3.09. The number of aryl methyl sites for hydroxylation is 2. The Morgan fingerprint density at radius 1 is 1.26 bits per heavy atom. The molecule has 1 aromatic carbocycles. The molecule has 1 aliphatic carbocycles. The van der Waals surface area contributed by atoms with Crippen molar-refractivity contribution < 1.29 is 9.90 Å². The number of carbonyl (C=O) groups excluding carboxylic acids is 1. The SMILES string of the molecule is Cc1ccc(-n2ncc3c2CCC[C@H]3NC(=O)c2ncccc2O)cc1C. The molecule has 0 saturated heterocycles. The molecule has 0 aliphatic heterocycles. The van der Waals surface area contributed by atoms with Crippen molar-refractivity contribution in [1.82, 2.24) is 20.1 Å². The molecule has 6 nitrogen and oxygen atoms in total. The first-order chi connectivity index (χ1) is 13.0. The first kappa shape index (κ1) is 17.3. The number of benzene rings is 1. The maximum atomic E-state index is 12.5. The maximum Gasteiger partial charge on any atom is 0.274 e. The number of nitrogens with one attached hydrogen (secondary N) is 1. The highest BCUT2D eigenvalue weighted by molar-refractivity contribution is 5.95. The van der Waals surface area contributed by atoms with Gasteiger partial charge >= 0.3 is 0 Å². The molecule has 2 N–H and O–H groups in total. The molecular weight excluding hydrogens is 340 g/mol. The van der Waals surface area contributed by atoms with Gasteiger partial charge in [-0.2, -0.15) is 5.10 Å². The largest absolute Gasteiger partial charge is 0.505 e. The second-order valence-electron chi connectivity index (χ2n) is 7.02. The molecule has 0 spiro atoms. The van der Waals surface area contributed by atoms with Crippen LogP contribution in [0.2, 0.25) is 0 Å². The van der Waals surface area contributed by atoms with Crippen LogP contribution >= 0.6 is 0 Å². The van der Waals surface area contributed by atoms with Gasteiger partial charge in [0.2, 0.25) is 0 Å². The van der Waals surface area contributed by atoms with Crippen LogP contribution in [0.1, 0.15) is 51.8 Å². The van der Waals surface area contributed by atoms with Crippen LogP contribution in [0.5, 0.6) is 5.75 Å². The standard InChI is InChI=1S/C21H22N4O2/c1-13-8-9-15(11-14(13)2)25-18-6-3-5-17(16(18)12-23-25)24-21(27)20-19(26)7-4-10-22-20/h4,7-12,17,26H,3,5-6H2,1-2H3,(H,24,27)/t17-/m1/s1. The number of pyridine rings is 1. The Morgan fingerprint density at radius 3 is 2.89 bits per heavy atom. The van der Waals surface area contributed by atoms with E-state index in [2.05, 4.69) is 47.4 Å². The van der Waals surface area contributed by atoms with Crippen molar-refractivity contribution in [3.8, 4) is 11.4 Å². The Hall–Kier alpha value is -3.15. The van der Waals surface area contributed by atoms with Crippen molar-refractivity contribution in [3.63, 3.8) is 0 Å². The van der Waals surface area contributed by atoms with Crippen molar-refractivity contribution in [1.29, 1.82) is 0 Å². The first-order valence-corrected chi connectivity index (χ1v) is 9.14. The molecule has 0 fully saturated rings. The summed E-state index contributed by atoms with van der Waals surface area (Å²) in [4.78, 5) is 16.5. The number of hydrogen-bond acceptors (Lipinski definition) is 4. The molecule has 0 saturated carbocycles. The van der Waals surface area contributed by atoms with Gasteiger partial charge in [0.1, 0.15) is 5.75 Å². The Morgan fingerprint density at radius 2 is 2.11 bits per heavy atom. The Kier molecular flexibility index (Phi) is 4.39. The van der Waals surface area contributed by atoms with Gasteiger partial charge in [0.05, 0.1) is 17.9 Å². The predicted molar refractivity (Wildman–Crippen MR) is 102 cm³/mol. The van der Waals surface area contributed by atoms with Gasteiger partial charge < -0.3 is 10.4 Å². The highest BCUT2D eigenvalue weighted by Gasteiger charge is 2.27. The van der Waals surface area contributed by atoms with Crippen LogP contribution in [0.4, 0.5) is 0 Å². The summed E-state index contributed by atoms with van der Waals surface area (Å²) < 4.78 is 1.97. The van der Waals surface area contributed by atoms with Crippen LogP contribution in [0, 0.1) is 13.8 Å². The number of amides is 1. The summed E-state index contributed by atoms with van der Waals surface area (Å²) in [6.07, 6.45) is 6.06. The van der Waals surface area contributed by atoms with Gasteiger partial charge in [-0.3, -0.25) is 4.79 Å². The van der Waals surface area contributed by atoms with Crippen molar-refractivity contribution in [2.24, 2.45) is 0 Å². The van der Waals surface area contributed by atoms with E-state index in [1.54, 1.807) is 6.07 Å². The number of carbonyl (C=O) groups is 1. The number of rotatable bonds is 3. The first-order valence-electron chi connectivity index (χ1n) is 9.14. The zero-order valence-corrected chi connectivity index (χ0v) is 15.4. The molecule has 1 aliphatic rings. The molecular formula is C21H22N4O2. The molecule has 0 bridgehead atoms. The third-order valence-corrected chi connectivity index (χ3v) is 5.22. The summed E-state index contributed by atoms with van der Waals surface area (Å²) in [5.74, 6) is -0.485. The van der Waals surface area contributed by atoms with Crippen LogP contribution in [0.3, 0.4) is 0 Å². The molecule has 27 heavy (non-hydrogen) atoms. The molecule has 1 amide bonds. The van der Waals surface area contributed by atoms with Gasteiger partial charge in [-0.15, -0.1) is 0 Å². The lowest BCUT2D eigenvalue weighted by Gasteiger charge is -2.24. The van der Waals surface area contributed by atoms with Crippen LogP contribution in [0.25, 0.3) is 5.69 Å². The summed E-state index contributed by atoms with van der Waals surface area (Å²) in [6, 6.07) is 9.23. The minimum atomic E-state index is -0.370. The minimum absolute atomic E-state index is 0.0474. The third-order valence-electron chi connectivity index (χ3n) is 5.22. The molecule has 1 atom stereocenters. The minimum Gasteiger partial charge on any atom is -0.505 e. The second-order valence-corrected chi connectivity index (χ2v) is 7.02.